The van der Waals surface area contributed by atoms with Crippen LogP contribution in [0.2, 0.25) is 0 Å². The molecule has 0 bridgehead atoms. The molecule has 2 aliphatic heterocycles. The lowest BCUT2D eigenvalue weighted by atomic mass is 9.77. The number of fused-ring (bicyclic) bond motifs is 1. The van der Waals surface area contributed by atoms with Gasteiger partial charge < -0.3 is 15.0 Å². The molecule has 0 radical (unpaired) electrons. The highest BCUT2D eigenvalue weighted by Gasteiger charge is 2.37. The molecule has 1 aromatic carbocycles. The SMILES string of the molecule is COc1cc2nccc(N3CCC4(CCNC4)CC3)c2cc1F.CS. The predicted molar refractivity (Wildman–Crippen MR) is 105 cm³/mol. The van der Waals surface area contributed by atoms with Gasteiger partial charge in [0, 0.05) is 43.0 Å². The second kappa shape index (κ2) is 7.79. The Hall–Kier alpha value is -1.53. The van der Waals surface area contributed by atoms with Crippen molar-refractivity contribution in [2.45, 2.75) is 19.3 Å². The maximum absolute atomic E-state index is 14.1. The van der Waals surface area contributed by atoms with Gasteiger partial charge in [-0.15, -0.1) is 0 Å². The first kappa shape index (κ1) is 18.3. The van der Waals surface area contributed by atoms with Gasteiger partial charge in [0.25, 0.3) is 0 Å². The quantitative estimate of drug-likeness (QED) is 0.801. The number of ether oxygens (including phenoxy) is 1. The molecular weight excluding hydrogens is 337 g/mol. The van der Waals surface area contributed by atoms with Crippen LogP contribution in [0.1, 0.15) is 19.3 Å². The Balaban J connectivity index is 0.000000880. The number of halogens is 1. The van der Waals surface area contributed by atoms with Crippen molar-refractivity contribution in [1.29, 1.82) is 0 Å². The topological polar surface area (TPSA) is 37.4 Å². The molecule has 1 aromatic heterocycles. The van der Waals surface area contributed by atoms with E-state index < -0.39 is 0 Å². The van der Waals surface area contributed by atoms with Crippen molar-refractivity contribution in [2.24, 2.45) is 5.41 Å². The highest BCUT2D eigenvalue weighted by atomic mass is 32.1. The average molecular weight is 364 g/mol. The van der Waals surface area contributed by atoms with Crippen molar-refractivity contribution in [2.75, 3.05) is 44.4 Å². The molecule has 0 amide bonds. The van der Waals surface area contributed by atoms with Crippen molar-refractivity contribution >= 4 is 29.2 Å². The van der Waals surface area contributed by atoms with E-state index in [1.165, 1.54) is 26.4 Å². The second-order valence-corrected chi connectivity index (χ2v) is 6.75. The summed E-state index contributed by atoms with van der Waals surface area (Å²) in [4.78, 5) is 6.75. The predicted octanol–water partition coefficient (Wildman–Crippen LogP) is 3.51. The van der Waals surface area contributed by atoms with Crippen LogP contribution in [0.5, 0.6) is 5.75 Å². The lowest BCUT2D eigenvalue weighted by molar-refractivity contribution is 0.247. The first-order valence-corrected chi connectivity index (χ1v) is 9.63. The zero-order valence-electron chi connectivity index (χ0n) is 14.9. The Labute approximate surface area is 154 Å². The first-order valence-electron chi connectivity index (χ1n) is 8.73. The average Bonchev–Trinajstić information content (AvgIpc) is 3.11. The molecular formula is C19H26FN3OS. The van der Waals surface area contributed by atoms with E-state index in [9.17, 15) is 4.39 Å². The van der Waals surface area contributed by atoms with Crippen molar-refractivity contribution < 1.29 is 9.13 Å². The van der Waals surface area contributed by atoms with Crippen LogP contribution >= 0.6 is 12.6 Å². The lowest BCUT2D eigenvalue weighted by Gasteiger charge is -2.40. The Morgan fingerprint density at radius 2 is 2.00 bits per heavy atom. The van der Waals surface area contributed by atoms with Gasteiger partial charge in [-0.05, 0) is 49.6 Å². The lowest BCUT2D eigenvalue weighted by Crippen LogP contribution is -2.41. The smallest absolute Gasteiger partial charge is 0.165 e. The van der Waals surface area contributed by atoms with E-state index in [4.69, 9.17) is 4.74 Å². The third-order valence-electron chi connectivity index (χ3n) is 5.49. The van der Waals surface area contributed by atoms with Crippen LogP contribution in [-0.4, -0.2) is 44.5 Å². The van der Waals surface area contributed by atoms with E-state index >= 15 is 0 Å². The second-order valence-electron chi connectivity index (χ2n) is 6.75. The summed E-state index contributed by atoms with van der Waals surface area (Å²) in [7, 11) is 1.48. The molecule has 136 valence electrons. The third kappa shape index (κ3) is 3.55. The van der Waals surface area contributed by atoms with Crippen molar-refractivity contribution in [1.82, 2.24) is 10.3 Å². The van der Waals surface area contributed by atoms with Gasteiger partial charge in [-0.25, -0.2) is 4.39 Å². The molecule has 2 aliphatic rings. The molecule has 6 heteroatoms. The summed E-state index contributed by atoms with van der Waals surface area (Å²) < 4.78 is 19.2. The molecule has 1 spiro atoms. The van der Waals surface area contributed by atoms with Crippen LogP contribution in [0, 0.1) is 11.2 Å². The maximum Gasteiger partial charge on any atom is 0.165 e. The first-order chi connectivity index (χ1) is 12.2. The minimum absolute atomic E-state index is 0.247. The van der Waals surface area contributed by atoms with Gasteiger partial charge in [0.2, 0.25) is 0 Å². The number of nitrogens with zero attached hydrogens (tertiary/aromatic N) is 2. The Morgan fingerprint density at radius 1 is 1.24 bits per heavy atom. The van der Waals surface area contributed by atoms with Crippen LogP contribution in [0.15, 0.2) is 24.4 Å². The number of nitrogens with one attached hydrogen (secondary N) is 1. The number of anilines is 1. The van der Waals surface area contributed by atoms with Crippen molar-refractivity contribution in [3.05, 3.63) is 30.2 Å². The van der Waals surface area contributed by atoms with Gasteiger partial charge in [-0.3, -0.25) is 4.98 Å². The number of pyridine rings is 1. The number of methoxy groups -OCH3 is 1. The fourth-order valence-electron chi connectivity index (χ4n) is 4.01. The van der Waals surface area contributed by atoms with E-state index in [0.717, 1.165) is 42.8 Å². The van der Waals surface area contributed by atoms with Crippen LogP contribution in [0.3, 0.4) is 0 Å². The van der Waals surface area contributed by atoms with Gasteiger partial charge >= 0.3 is 0 Å². The van der Waals surface area contributed by atoms with Gasteiger partial charge in [0.05, 0.1) is 12.6 Å². The molecule has 4 nitrogen and oxygen atoms in total. The summed E-state index contributed by atoms with van der Waals surface area (Å²) in [5.41, 5.74) is 2.34. The molecule has 2 saturated heterocycles. The number of hydrogen-bond acceptors (Lipinski definition) is 5. The Bertz CT molecular complexity index is 724. The standard InChI is InChI=1S/C18H22FN3O.CH4S/c1-23-17-11-15-13(10-14(17)19)16(2-6-21-15)22-8-4-18(5-9-22)3-7-20-12-18;1-2/h2,6,10-11,20H,3-5,7-9,12H2,1H3;2H,1H3. The Kier molecular flexibility index (Phi) is 5.69. The van der Waals surface area contributed by atoms with Crippen LogP contribution in [-0.2, 0) is 0 Å². The summed E-state index contributed by atoms with van der Waals surface area (Å²) >= 11 is 3.53. The minimum atomic E-state index is -0.331. The van der Waals surface area contributed by atoms with Crippen molar-refractivity contribution in [3.8, 4) is 5.75 Å². The Morgan fingerprint density at radius 3 is 2.64 bits per heavy atom. The maximum atomic E-state index is 14.1. The molecule has 0 atom stereocenters. The van der Waals surface area contributed by atoms with Gasteiger partial charge in [0.15, 0.2) is 11.6 Å². The number of benzene rings is 1. The van der Waals surface area contributed by atoms with Crippen LogP contribution in [0.4, 0.5) is 10.1 Å². The molecule has 2 aromatic rings. The van der Waals surface area contributed by atoms with Crippen LogP contribution in [0.25, 0.3) is 10.9 Å². The van der Waals surface area contributed by atoms with E-state index in [1.54, 1.807) is 24.6 Å². The number of aromatic nitrogens is 1. The number of thiol groups is 1. The molecule has 0 unspecified atom stereocenters. The molecule has 3 heterocycles. The third-order valence-corrected chi connectivity index (χ3v) is 5.49. The van der Waals surface area contributed by atoms with Gasteiger partial charge in [-0.1, -0.05) is 0 Å². The minimum Gasteiger partial charge on any atom is -0.494 e. The summed E-state index contributed by atoms with van der Waals surface area (Å²) in [6, 6.07) is 5.23. The molecule has 4 rings (SSSR count). The van der Waals surface area contributed by atoms with E-state index in [0.29, 0.717) is 5.41 Å². The monoisotopic (exact) mass is 363 g/mol. The zero-order chi connectivity index (χ0) is 17.9. The molecule has 1 N–H and O–H groups in total. The fraction of sp³-hybridized carbons (Fsp3) is 0.526. The zero-order valence-corrected chi connectivity index (χ0v) is 15.8. The number of rotatable bonds is 2. The van der Waals surface area contributed by atoms with E-state index in [-0.39, 0.29) is 11.6 Å². The highest BCUT2D eigenvalue weighted by Crippen LogP contribution is 2.39. The molecule has 0 aliphatic carbocycles. The van der Waals surface area contributed by atoms with Gasteiger partial charge in [-0.2, -0.15) is 12.6 Å². The van der Waals surface area contributed by atoms with Crippen molar-refractivity contribution in [3.63, 3.8) is 0 Å². The summed E-state index contributed by atoms with van der Waals surface area (Å²) in [6.07, 6.45) is 7.17. The van der Waals surface area contributed by atoms with Gasteiger partial charge in [0.1, 0.15) is 0 Å². The van der Waals surface area contributed by atoms with Crippen LogP contribution < -0.4 is 15.0 Å². The fourth-order valence-corrected chi connectivity index (χ4v) is 4.01. The number of hydrogen-bond donors (Lipinski definition) is 2. The number of piperidine rings is 1. The van der Waals surface area contributed by atoms with E-state index in [1.807, 2.05) is 6.07 Å². The molecule has 2 fully saturated rings. The highest BCUT2D eigenvalue weighted by molar-refractivity contribution is 7.79. The summed E-state index contributed by atoms with van der Waals surface area (Å²) in [6.45, 7) is 4.33. The van der Waals surface area contributed by atoms with E-state index in [2.05, 4.69) is 27.8 Å². The normalized spacial score (nSPS) is 19.0. The summed E-state index contributed by atoms with van der Waals surface area (Å²) in [5, 5.41) is 4.36. The molecule has 0 saturated carbocycles. The molecule has 25 heavy (non-hydrogen) atoms. The summed E-state index contributed by atoms with van der Waals surface area (Å²) in [5.74, 6) is -0.0838. The largest absolute Gasteiger partial charge is 0.494 e.